The fourth-order valence-corrected chi connectivity index (χ4v) is 3.07. The number of nitrogens with one attached hydrogen (secondary N) is 1. The van der Waals surface area contributed by atoms with Crippen molar-refractivity contribution < 1.29 is 19.1 Å². The molecular formula is C21H32N2O4. The third-order valence-electron chi connectivity index (χ3n) is 4.34. The molecule has 150 valence electrons. The van der Waals surface area contributed by atoms with Gasteiger partial charge in [-0.25, -0.2) is 4.79 Å². The summed E-state index contributed by atoms with van der Waals surface area (Å²) >= 11 is 0. The van der Waals surface area contributed by atoms with E-state index in [9.17, 15) is 9.59 Å². The molecule has 1 aliphatic heterocycles. The number of likely N-dealkylation sites (tertiary alicyclic amines) is 1. The highest BCUT2D eigenvalue weighted by atomic mass is 16.6. The monoisotopic (exact) mass is 376 g/mol. The zero-order valence-electron chi connectivity index (χ0n) is 17.0. The number of carbonyl (C=O) groups excluding carboxylic acids is 2. The Balaban J connectivity index is 1.98. The van der Waals surface area contributed by atoms with Gasteiger partial charge in [0.05, 0.1) is 6.54 Å². The zero-order chi connectivity index (χ0) is 20.0. The maximum atomic E-state index is 13.0. The topological polar surface area (TPSA) is 67.9 Å². The lowest BCUT2D eigenvalue weighted by Crippen LogP contribution is -2.55. The van der Waals surface area contributed by atoms with Gasteiger partial charge in [-0.1, -0.05) is 32.0 Å². The number of carbonyl (C=O) groups is 2. The normalized spacial score (nSPS) is 18.7. The quantitative estimate of drug-likeness (QED) is 0.852. The van der Waals surface area contributed by atoms with Crippen LogP contribution in [0, 0.1) is 5.92 Å². The summed E-state index contributed by atoms with van der Waals surface area (Å²) in [5, 5.41) is 2.74. The summed E-state index contributed by atoms with van der Waals surface area (Å²) in [4.78, 5) is 27.0. The van der Waals surface area contributed by atoms with Gasteiger partial charge in [0.25, 0.3) is 0 Å². The molecule has 1 fully saturated rings. The first-order valence-corrected chi connectivity index (χ1v) is 9.65. The second-order valence-electron chi connectivity index (χ2n) is 8.35. The van der Waals surface area contributed by atoms with Crippen LogP contribution in [-0.4, -0.2) is 47.7 Å². The Labute approximate surface area is 162 Å². The molecule has 6 nitrogen and oxygen atoms in total. The summed E-state index contributed by atoms with van der Waals surface area (Å²) in [6, 6.07) is 9.03. The molecule has 1 aromatic carbocycles. The van der Waals surface area contributed by atoms with Crippen molar-refractivity contribution in [3.8, 4) is 5.75 Å². The number of hydrogen-bond acceptors (Lipinski definition) is 4. The summed E-state index contributed by atoms with van der Waals surface area (Å²) in [5.41, 5.74) is -0.603. The van der Waals surface area contributed by atoms with Crippen molar-refractivity contribution in [3.05, 3.63) is 30.3 Å². The van der Waals surface area contributed by atoms with Gasteiger partial charge in [-0.2, -0.15) is 0 Å². The van der Waals surface area contributed by atoms with E-state index in [2.05, 4.69) is 5.32 Å². The van der Waals surface area contributed by atoms with Gasteiger partial charge in [-0.15, -0.1) is 0 Å². The van der Waals surface area contributed by atoms with Gasteiger partial charge in [0.2, 0.25) is 5.91 Å². The van der Waals surface area contributed by atoms with Crippen LogP contribution in [-0.2, 0) is 9.53 Å². The fourth-order valence-electron chi connectivity index (χ4n) is 3.07. The summed E-state index contributed by atoms with van der Waals surface area (Å²) in [5.74, 6) is 0.682. The number of amides is 2. The lowest BCUT2D eigenvalue weighted by molar-refractivity contribution is -0.137. The first-order valence-electron chi connectivity index (χ1n) is 9.65. The predicted molar refractivity (Wildman–Crippen MR) is 105 cm³/mol. The van der Waals surface area contributed by atoms with Gasteiger partial charge in [0.1, 0.15) is 23.5 Å². The molecular weight excluding hydrogens is 344 g/mol. The van der Waals surface area contributed by atoms with Gasteiger partial charge >= 0.3 is 6.09 Å². The molecule has 1 aromatic rings. The molecule has 1 saturated heterocycles. The fraction of sp³-hybridized carbons (Fsp3) is 0.619. The minimum Gasteiger partial charge on any atom is -0.489 e. The van der Waals surface area contributed by atoms with Crippen LogP contribution >= 0.6 is 0 Å². The predicted octanol–water partition coefficient (Wildman–Crippen LogP) is 3.61. The zero-order valence-corrected chi connectivity index (χ0v) is 17.0. The molecule has 0 aliphatic carbocycles. The minimum atomic E-state index is -0.615. The highest BCUT2D eigenvalue weighted by Gasteiger charge is 2.33. The lowest BCUT2D eigenvalue weighted by Gasteiger charge is -2.36. The van der Waals surface area contributed by atoms with Crippen molar-refractivity contribution in [3.63, 3.8) is 0 Å². The standard InChI is InChI=1S/C21H32N2O4/c1-15(2)18(22-20(25)27-21(3,4)5)19(24)23-13-9-12-17(14-23)26-16-10-7-6-8-11-16/h6-8,10-11,15,17-18H,9,12-14H2,1-5H3,(H,22,25). The summed E-state index contributed by atoms with van der Waals surface area (Å²) < 4.78 is 11.3. The Kier molecular flexibility index (Phi) is 7.11. The number of rotatable bonds is 5. The Hall–Kier alpha value is -2.24. The lowest BCUT2D eigenvalue weighted by atomic mass is 10.0. The molecule has 27 heavy (non-hydrogen) atoms. The summed E-state index contributed by atoms with van der Waals surface area (Å²) in [6.07, 6.45) is 1.17. The molecule has 2 amide bonds. The van der Waals surface area contributed by atoms with Crippen LogP contribution in [0.4, 0.5) is 4.79 Å². The van der Waals surface area contributed by atoms with Gasteiger partial charge in [0, 0.05) is 6.54 Å². The Bertz CT molecular complexity index is 625. The van der Waals surface area contributed by atoms with Crippen LogP contribution in [0.5, 0.6) is 5.75 Å². The second kappa shape index (κ2) is 9.11. The smallest absolute Gasteiger partial charge is 0.408 e. The largest absolute Gasteiger partial charge is 0.489 e. The van der Waals surface area contributed by atoms with E-state index >= 15 is 0 Å². The molecule has 0 aromatic heterocycles. The number of alkyl carbamates (subject to hydrolysis) is 1. The number of para-hydroxylation sites is 1. The van der Waals surface area contributed by atoms with E-state index in [1.807, 2.05) is 44.2 Å². The maximum absolute atomic E-state index is 13.0. The maximum Gasteiger partial charge on any atom is 0.408 e. The number of ether oxygens (including phenoxy) is 2. The first-order chi connectivity index (χ1) is 12.7. The average Bonchev–Trinajstić information content (AvgIpc) is 2.58. The summed E-state index contributed by atoms with van der Waals surface area (Å²) in [6.45, 7) is 10.4. The van der Waals surface area contributed by atoms with Crippen LogP contribution in [0.25, 0.3) is 0 Å². The summed E-state index contributed by atoms with van der Waals surface area (Å²) in [7, 11) is 0. The van der Waals surface area contributed by atoms with E-state index in [0.29, 0.717) is 13.1 Å². The van der Waals surface area contributed by atoms with E-state index < -0.39 is 17.7 Å². The molecule has 2 unspecified atom stereocenters. The van der Waals surface area contributed by atoms with E-state index in [-0.39, 0.29) is 17.9 Å². The van der Waals surface area contributed by atoms with E-state index in [1.54, 1.807) is 25.7 Å². The second-order valence-corrected chi connectivity index (χ2v) is 8.35. The molecule has 2 atom stereocenters. The number of benzene rings is 1. The molecule has 2 rings (SSSR count). The highest BCUT2D eigenvalue weighted by Crippen LogP contribution is 2.20. The van der Waals surface area contributed by atoms with Gasteiger partial charge in [-0.05, 0) is 51.7 Å². The Morgan fingerprint density at radius 2 is 1.85 bits per heavy atom. The van der Waals surface area contributed by atoms with E-state index in [0.717, 1.165) is 18.6 Å². The molecule has 0 saturated carbocycles. The Morgan fingerprint density at radius 1 is 1.19 bits per heavy atom. The van der Waals surface area contributed by atoms with Crippen LogP contribution in [0.1, 0.15) is 47.5 Å². The molecule has 0 bridgehead atoms. The van der Waals surface area contributed by atoms with Crippen molar-refractivity contribution in [1.29, 1.82) is 0 Å². The van der Waals surface area contributed by atoms with Crippen molar-refractivity contribution in [2.45, 2.75) is 65.2 Å². The molecule has 1 heterocycles. The van der Waals surface area contributed by atoms with Gasteiger partial charge < -0.3 is 19.7 Å². The van der Waals surface area contributed by atoms with Crippen molar-refractivity contribution >= 4 is 12.0 Å². The molecule has 1 aliphatic rings. The number of hydrogen-bond donors (Lipinski definition) is 1. The Morgan fingerprint density at radius 3 is 2.44 bits per heavy atom. The first kappa shape index (κ1) is 21.1. The SMILES string of the molecule is CC(C)C(NC(=O)OC(C)(C)C)C(=O)N1CCCC(Oc2ccccc2)C1. The van der Waals surface area contributed by atoms with Crippen molar-refractivity contribution in [2.24, 2.45) is 5.92 Å². The third kappa shape index (κ3) is 6.77. The molecule has 1 N–H and O–H groups in total. The van der Waals surface area contributed by atoms with Crippen molar-refractivity contribution in [1.82, 2.24) is 10.2 Å². The third-order valence-corrected chi connectivity index (χ3v) is 4.34. The van der Waals surface area contributed by atoms with E-state index in [4.69, 9.17) is 9.47 Å². The van der Waals surface area contributed by atoms with E-state index in [1.165, 1.54) is 0 Å². The molecule has 6 heteroatoms. The van der Waals surface area contributed by atoms with Crippen molar-refractivity contribution in [2.75, 3.05) is 13.1 Å². The minimum absolute atomic E-state index is 0.0413. The van der Waals surface area contributed by atoms with Crippen LogP contribution < -0.4 is 10.1 Å². The molecule has 0 spiro atoms. The van der Waals surface area contributed by atoms with Gasteiger partial charge in [-0.3, -0.25) is 4.79 Å². The van der Waals surface area contributed by atoms with Crippen LogP contribution in [0.2, 0.25) is 0 Å². The number of piperidine rings is 1. The van der Waals surface area contributed by atoms with Crippen LogP contribution in [0.15, 0.2) is 30.3 Å². The number of nitrogens with zero attached hydrogens (tertiary/aromatic N) is 1. The van der Waals surface area contributed by atoms with Gasteiger partial charge in [0.15, 0.2) is 0 Å². The average molecular weight is 376 g/mol. The molecule has 0 radical (unpaired) electrons. The highest BCUT2D eigenvalue weighted by molar-refractivity contribution is 5.86. The van der Waals surface area contributed by atoms with Crippen LogP contribution in [0.3, 0.4) is 0 Å².